The van der Waals surface area contributed by atoms with Crippen molar-refractivity contribution in [2.75, 3.05) is 23.8 Å². The average Bonchev–Trinajstić information content (AvgIpc) is 3.63. The van der Waals surface area contributed by atoms with Crippen molar-refractivity contribution in [3.63, 3.8) is 0 Å². The minimum atomic E-state index is -0.960. The third-order valence-corrected chi connectivity index (χ3v) is 3.92. The molecule has 0 heterocycles. The third-order valence-electron chi connectivity index (χ3n) is 3.92. The Morgan fingerprint density at radius 1 is 0.744 bits per heavy atom. The van der Waals surface area contributed by atoms with Crippen LogP contribution in [0, 0.1) is 47.6 Å². The molecule has 2 aromatic rings. The fraction of sp³-hybridized carbons (Fsp3) is 0.214. The van der Waals surface area contributed by atoms with Crippen LogP contribution < -0.4 is 10.6 Å². The first kappa shape index (κ1) is 35.4. The largest absolute Gasteiger partial charge is 4.00 e. The van der Waals surface area contributed by atoms with Gasteiger partial charge in [0.2, 0.25) is 0 Å². The number of rotatable bonds is 4. The van der Waals surface area contributed by atoms with Crippen molar-refractivity contribution in [3.05, 3.63) is 108 Å². The van der Waals surface area contributed by atoms with E-state index in [9.17, 15) is 27.2 Å². The smallest absolute Gasteiger partial charge is 0.450 e. The molecule has 0 unspecified atom stereocenters. The van der Waals surface area contributed by atoms with E-state index in [-0.39, 0.29) is 46.3 Å². The van der Waals surface area contributed by atoms with E-state index in [0.29, 0.717) is 0 Å². The van der Waals surface area contributed by atoms with Gasteiger partial charge in [-0.15, -0.1) is 49.2 Å². The predicted octanol–water partition coefficient (Wildman–Crippen LogP) is 7.28. The molecular formula is C28H26F4N2O4Ti. The summed E-state index contributed by atoms with van der Waals surface area (Å²) in [5.74, 6) is -3.56. The van der Waals surface area contributed by atoms with Gasteiger partial charge in [-0.2, -0.15) is 12.2 Å². The third kappa shape index (κ3) is 16.8. The molecule has 0 saturated heterocycles. The molecule has 0 saturated carbocycles. The zero-order valence-corrected chi connectivity index (χ0v) is 22.8. The van der Waals surface area contributed by atoms with Gasteiger partial charge in [0.25, 0.3) is 0 Å². The van der Waals surface area contributed by atoms with Crippen molar-refractivity contribution >= 4 is 23.6 Å². The van der Waals surface area contributed by atoms with Crippen LogP contribution >= 0.6 is 0 Å². The van der Waals surface area contributed by atoms with Gasteiger partial charge in [-0.25, -0.2) is 51.5 Å². The van der Waals surface area contributed by atoms with Crippen molar-refractivity contribution < 1.29 is 58.3 Å². The number of amides is 2. The van der Waals surface area contributed by atoms with Gasteiger partial charge in [-0.1, -0.05) is 0 Å². The Bertz CT molecular complexity index is 1040. The summed E-state index contributed by atoms with van der Waals surface area (Å²) in [5, 5.41) is 4.21. The van der Waals surface area contributed by atoms with Crippen molar-refractivity contribution in [3.8, 4) is 0 Å². The molecule has 6 nitrogen and oxygen atoms in total. The number of nitrogens with one attached hydrogen (secondary N) is 2. The molecule has 11 heteroatoms. The van der Waals surface area contributed by atoms with E-state index in [1.54, 1.807) is 26.0 Å². The maximum Gasteiger partial charge on any atom is 4.00 e. The van der Waals surface area contributed by atoms with Crippen molar-refractivity contribution in [2.45, 2.75) is 26.7 Å². The van der Waals surface area contributed by atoms with Gasteiger partial charge in [0.1, 0.15) is 0 Å². The topological polar surface area (TPSA) is 76.7 Å². The molecule has 0 radical (unpaired) electrons. The number of benzene rings is 2. The van der Waals surface area contributed by atoms with Crippen molar-refractivity contribution in [1.29, 1.82) is 0 Å². The summed E-state index contributed by atoms with van der Waals surface area (Å²) < 4.78 is 59.6. The summed E-state index contributed by atoms with van der Waals surface area (Å²) in [6, 6.07) is 7.74. The summed E-state index contributed by atoms with van der Waals surface area (Å²) in [4.78, 5) is 21.7. The summed E-state index contributed by atoms with van der Waals surface area (Å²) in [6.07, 6.45) is 18.4. The van der Waals surface area contributed by atoms with Crippen LogP contribution in [-0.2, 0) is 31.2 Å². The Kier molecular flexibility index (Phi) is 19.3. The quantitative estimate of drug-likeness (QED) is 0.227. The van der Waals surface area contributed by atoms with E-state index < -0.39 is 35.5 Å². The standard InChI is InChI=1S/2C9H8F2NO2.2C5H5.Ti/c2*1-2-14-9(13)12-8-4-3-6(10)5-7(8)11;2*1-2-4-5-3-1;/h2*3-4H,2H2,1H3,(H,12,13);2*1-3H,4H2;/q4*-1;+4. The van der Waals surface area contributed by atoms with E-state index in [2.05, 4.69) is 44.4 Å². The maximum atomic E-state index is 12.9. The molecule has 0 fully saturated rings. The SMILES string of the molecule is CCOC(=O)Nc1ccc(F)[c-]c1F.CCOC(=O)Nc1ccc(F)[c-]c1F.[C-]1=CC=CC1.[C-]1=CC=CC1.[Ti+4]. The van der Waals surface area contributed by atoms with Crippen molar-refractivity contribution in [1.82, 2.24) is 0 Å². The van der Waals surface area contributed by atoms with E-state index >= 15 is 0 Å². The molecule has 2 aliphatic carbocycles. The number of carbonyl (C=O) groups excluding carboxylic acids is 2. The van der Waals surface area contributed by atoms with Crippen LogP contribution in [0.25, 0.3) is 0 Å². The van der Waals surface area contributed by atoms with Gasteiger partial charge in [-0.3, -0.25) is 12.2 Å². The van der Waals surface area contributed by atoms with Crippen LogP contribution in [0.5, 0.6) is 0 Å². The molecule has 0 aliphatic heterocycles. The van der Waals surface area contributed by atoms with Gasteiger partial charge >= 0.3 is 33.9 Å². The second-order valence-corrected chi connectivity index (χ2v) is 6.76. The van der Waals surface area contributed by atoms with Gasteiger partial charge in [0.15, 0.2) is 0 Å². The first-order chi connectivity index (χ1) is 18.3. The molecule has 0 aromatic heterocycles. The molecule has 204 valence electrons. The van der Waals surface area contributed by atoms with Crippen molar-refractivity contribution in [2.24, 2.45) is 0 Å². The average molecular weight is 578 g/mol. The summed E-state index contributed by atoms with van der Waals surface area (Å²) in [6.45, 7) is 3.59. The minimum Gasteiger partial charge on any atom is -0.450 e. The molecule has 39 heavy (non-hydrogen) atoms. The second-order valence-electron chi connectivity index (χ2n) is 6.76. The Balaban J connectivity index is 0.000000537. The summed E-state index contributed by atoms with van der Waals surface area (Å²) >= 11 is 0. The number of hydrogen-bond donors (Lipinski definition) is 2. The Morgan fingerprint density at radius 2 is 1.13 bits per heavy atom. The molecule has 0 spiro atoms. The number of halogens is 4. The molecule has 4 rings (SSSR count). The molecule has 2 aromatic carbocycles. The van der Waals surface area contributed by atoms with E-state index in [0.717, 1.165) is 37.1 Å². The van der Waals surface area contributed by atoms with E-state index in [1.165, 1.54) is 0 Å². The number of ether oxygens (including phenoxy) is 2. The second kappa shape index (κ2) is 21.3. The number of hydrogen-bond acceptors (Lipinski definition) is 4. The van der Waals surface area contributed by atoms with E-state index in [4.69, 9.17) is 0 Å². The molecule has 2 N–H and O–H groups in total. The first-order valence-corrected chi connectivity index (χ1v) is 11.3. The first-order valence-electron chi connectivity index (χ1n) is 11.3. The number of anilines is 2. The molecule has 0 bridgehead atoms. The zero-order chi connectivity index (χ0) is 28.2. The van der Waals surface area contributed by atoms with E-state index in [1.807, 2.05) is 24.3 Å². The molecular weight excluding hydrogens is 552 g/mol. The zero-order valence-electron chi connectivity index (χ0n) is 21.2. The summed E-state index contributed by atoms with van der Waals surface area (Å²) in [5.41, 5.74) is -0.324. The van der Waals surface area contributed by atoms with Crippen LogP contribution in [-0.4, -0.2) is 25.4 Å². The van der Waals surface area contributed by atoms with Crippen LogP contribution in [0.3, 0.4) is 0 Å². The van der Waals surface area contributed by atoms with Gasteiger partial charge in [0, 0.05) is 23.3 Å². The van der Waals surface area contributed by atoms with Crippen LogP contribution in [0.2, 0.25) is 0 Å². The normalized spacial score (nSPS) is 11.4. The Morgan fingerprint density at radius 3 is 1.36 bits per heavy atom. The fourth-order valence-electron chi connectivity index (χ4n) is 2.31. The Hall–Kier alpha value is -3.63. The van der Waals surface area contributed by atoms with Gasteiger partial charge < -0.3 is 20.1 Å². The minimum absolute atomic E-state index is 0. The number of allylic oxidation sites excluding steroid dienone is 8. The molecule has 0 atom stereocenters. The maximum absolute atomic E-state index is 12.9. The molecule has 2 aliphatic rings. The predicted molar refractivity (Wildman–Crippen MR) is 135 cm³/mol. The van der Waals surface area contributed by atoms with Crippen LogP contribution in [0.1, 0.15) is 26.7 Å². The van der Waals surface area contributed by atoms with Crippen LogP contribution in [0.15, 0.2) is 60.7 Å². The fourth-order valence-corrected chi connectivity index (χ4v) is 2.31. The molecule has 2 amide bonds. The van der Waals surface area contributed by atoms with Crippen LogP contribution in [0.4, 0.5) is 38.5 Å². The van der Waals surface area contributed by atoms with Gasteiger partial charge in [0.05, 0.1) is 13.2 Å². The summed E-state index contributed by atoms with van der Waals surface area (Å²) in [7, 11) is 0. The number of carbonyl (C=O) groups is 2. The monoisotopic (exact) mass is 578 g/mol. The van der Waals surface area contributed by atoms with Gasteiger partial charge in [-0.05, 0) is 25.2 Å². The Labute approximate surface area is 240 Å².